The van der Waals surface area contributed by atoms with Crippen LogP contribution in [0.2, 0.25) is 0 Å². The summed E-state index contributed by atoms with van der Waals surface area (Å²) >= 11 is 0. The van der Waals surface area contributed by atoms with Crippen molar-refractivity contribution in [3.8, 4) is 17.4 Å². The van der Waals surface area contributed by atoms with E-state index in [0.29, 0.717) is 29.4 Å². The third-order valence-electron chi connectivity index (χ3n) is 3.32. The first kappa shape index (κ1) is 12.7. The molecule has 0 saturated heterocycles. The van der Waals surface area contributed by atoms with E-state index >= 15 is 0 Å². The number of nitrogens with zero attached hydrogens (tertiary/aromatic N) is 4. The maximum atomic E-state index is 11.9. The Morgan fingerprint density at radius 1 is 1.15 bits per heavy atom. The molecular formula is C14H14N4O2. The summed E-state index contributed by atoms with van der Waals surface area (Å²) in [6.07, 6.45) is 6.29. The number of ether oxygens (including phenoxy) is 1. The van der Waals surface area contributed by atoms with Gasteiger partial charge in [0, 0.05) is 18.7 Å². The van der Waals surface area contributed by atoms with Crippen molar-refractivity contribution < 1.29 is 9.53 Å². The number of methoxy groups -OCH3 is 1. The Labute approximate surface area is 116 Å². The molecule has 0 radical (unpaired) electrons. The number of ketones is 1. The van der Waals surface area contributed by atoms with Crippen LogP contribution in [0.25, 0.3) is 11.5 Å². The van der Waals surface area contributed by atoms with E-state index in [1.165, 1.54) is 6.33 Å². The second-order valence-corrected chi connectivity index (χ2v) is 4.63. The van der Waals surface area contributed by atoms with Crippen molar-refractivity contribution in [2.45, 2.75) is 25.7 Å². The lowest BCUT2D eigenvalue weighted by atomic mass is 10.1. The number of carbonyl (C=O) groups excluding carboxylic acids is 1. The summed E-state index contributed by atoms with van der Waals surface area (Å²) in [6.45, 7) is 0. The van der Waals surface area contributed by atoms with Gasteiger partial charge in [-0.1, -0.05) is 0 Å². The number of aryl methyl sites for hydroxylation is 1. The van der Waals surface area contributed by atoms with Gasteiger partial charge in [0.2, 0.25) is 5.88 Å². The van der Waals surface area contributed by atoms with E-state index in [1.807, 2.05) is 0 Å². The highest BCUT2D eigenvalue weighted by Gasteiger charge is 2.18. The summed E-state index contributed by atoms with van der Waals surface area (Å²) in [5.74, 6) is 1.09. The minimum Gasteiger partial charge on any atom is -0.481 e. The lowest BCUT2D eigenvalue weighted by molar-refractivity contribution is 0.0981. The van der Waals surface area contributed by atoms with Crippen molar-refractivity contribution in [2.75, 3.05) is 7.11 Å². The lowest BCUT2D eigenvalue weighted by Crippen LogP contribution is -2.06. The second-order valence-electron chi connectivity index (χ2n) is 4.63. The van der Waals surface area contributed by atoms with Gasteiger partial charge in [0.1, 0.15) is 12.0 Å². The molecule has 3 rings (SSSR count). The average Bonchev–Trinajstić information content (AvgIpc) is 2.69. The Hall–Kier alpha value is -2.37. The molecule has 0 unspecified atom stereocenters. The fraction of sp³-hybridized carbons (Fsp3) is 0.357. The van der Waals surface area contributed by atoms with Crippen molar-refractivity contribution in [2.24, 2.45) is 0 Å². The summed E-state index contributed by atoms with van der Waals surface area (Å²) in [6, 6.07) is 1.68. The van der Waals surface area contributed by atoms with Crippen molar-refractivity contribution >= 4 is 5.78 Å². The Kier molecular flexibility index (Phi) is 3.37. The molecule has 20 heavy (non-hydrogen) atoms. The summed E-state index contributed by atoms with van der Waals surface area (Å²) in [4.78, 5) is 28.8. The molecule has 0 atom stereocenters. The van der Waals surface area contributed by atoms with Gasteiger partial charge in [-0.2, -0.15) is 0 Å². The maximum absolute atomic E-state index is 11.9. The predicted molar refractivity (Wildman–Crippen MR) is 71.5 cm³/mol. The monoisotopic (exact) mass is 270 g/mol. The second kappa shape index (κ2) is 5.32. The Bertz CT molecular complexity index is 657. The van der Waals surface area contributed by atoms with Gasteiger partial charge >= 0.3 is 0 Å². The third kappa shape index (κ3) is 2.36. The van der Waals surface area contributed by atoms with Crippen molar-refractivity contribution in [1.29, 1.82) is 0 Å². The standard InChI is InChI=1S/C14H14N4O2/c1-20-13-6-11(16-8-17-13)14-15-7-9-10(18-14)4-2-3-5-12(9)19/h6-8H,2-5H2,1H3. The number of rotatable bonds is 2. The Morgan fingerprint density at radius 2 is 2.00 bits per heavy atom. The predicted octanol–water partition coefficient (Wildman–Crippen LogP) is 1.85. The SMILES string of the molecule is COc1cc(-c2ncc3c(n2)CCCCC3=O)ncn1. The lowest BCUT2D eigenvalue weighted by Gasteiger charge is -2.06. The molecule has 0 fully saturated rings. The summed E-state index contributed by atoms with van der Waals surface area (Å²) < 4.78 is 5.07. The Balaban J connectivity index is 2.03. The third-order valence-corrected chi connectivity index (χ3v) is 3.32. The maximum Gasteiger partial charge on any atom is 0.216 e. The van der Waals surface area contributed by atoms with Crippen LogP contribution < -0.4 is 4.74 Å². The number of aromatic nitrogens is 4. The summed E-state index contributed by atoms with van der Waals surface area (Å²) in [7, 11) is 1.54. The van der Waals surface area contributed by atoms with Crippen LogP contribution in [0.3, 0.4) is 0 Å². The molecule has 0 spiro atoms. The summed E-state index contributed by atoms with van der Waals surface area (Å²) in [5, 5.41) is 0. The topological polar surface area (TPSA) is 77.9 Å². The zero-order valence-electron chi connectivity index (χ0n) is 11.2. The molecule has 2 aromatic rings. The molecule has 1 aliphatic rings. The summed E-state index contributed by atoms with van der Waals surface area (Å²) in [5.41, 5.74) is 2.05. The van der Waals surface area contributed by atoms with Crippen LogP contribution >= 0.6 is 0 Å². The smallest absolute Gasteiger partial charge is 0.216 e. The van der Waals surface area contributed by atoms with Gasteiger partial charge in [0.25, 0.3) is 0 Å². The molecule has 0 amide bonds. The van der Waals surface area contributed by atoms with Gasteiger partial charge < -0.3 is 4.74 Å². The Morgan fingerprint density at radius 3 is 2.85 bits per heavy atom. The van der Waals surface area contributed by atoms with E-state index in [4.69, 9.17) is 4.74 Å². The van der Waals surface area contributed by atoms with E-state index in [2.05, 4.69) is 19.9 Å². The van der Waals surface area contributed by atoms with Crippen LogP contribution in [0.1, 0.15) is 35.3 Å². The van der Waals surface area contributed by atoms with Gasteiger partial charge in [0.15, 0.2) is 11.6 Å². The molecule has 1 aliphatic carbocycles. The highest BCUT2D eigenvalue weighted by Crippen LogP contribution is 2.22. The zero-order chi connectivity index (χ0) is 13.9. The molecule has 6 heteroatoms. The van der Waals surface area contributed by atoms with Gasteiger partial charge in [0.05, 0.1) is 18.4 Å². The van der Waals surface area contributed by atoms with Gasteiger partial charge in [-0.3, -0.25) is 4.79 Å². The van der Waals surface area contributed by atoms with Gasteiger partial charge in [-0.05, 0) is 19.3 Å². The van der Waals surface area contributed by atoms with Crippen LogP contribution in [0.5, 0.6) is 5.88 Å². The van der Waals surface area contributed by atoms with Gasteiger partial charge in [-0.15, -0.1) is 0 Å². The first-order valence-corrected chi connectivity index (χ1v) is 6.53. The fourth-order valence-electron chi connectivity index (χ4n) is 2.25. The quantitative estimate of drug-likeness (QED) is 0.775. The molecule has 102 valence electrons. The first-order chi connectivity index (χ1) is 9.78. The molecule has 2 heterocycles. The number of hydrogen-bond donors (Lipinski definition) is 0. The van der Waals surface area contributed by atoms with E-state index in [1.54, 1.807) is 19.4 Å². The van der Waals surface area contributed by atoms with Crippen molar-refractivity contribution in [3.63, 3.8) is 0 Å². The van der Waals surface area contributed by atoms with Gasteiger partial charge in [-0.25, -0.2) is 19.9 Å². The normalized spacial score (nSPS) is 14.6. The van der Waals surface area contributed by atoms with E-state index < -0.39 is 0 Å². The number of Topliss-reactive ketones (excluding diaryl/α,β-unsaturated/α-hetero) is 1. The number of carbonyl (C=O) groups is 1. The van der Waals surface area contributed by atoms with Crippen LogP contribution in [0, 0.1) is 0 Å². The number of hydrogen-bond acceptors (Lipinski definition) is 6. The molecule has 6 nitrogen and oxygen atoms in total. The molecule has 0 saturated carbocycles. The molecule has 0 aromatic carbocycles. The molecule has 0 bridgehead atoms. The van der Waals surface area contributed by atoms with Crippen LogP contribution in [-0.4, -0.2) is 32.8 Å². The first-order valence-electron chi connectivity index (χ1n) is 6.53. The minimum absolute atomic E-state index is 0.129. The minimum atomic E-state index is 0.129. The molecule has 0 N–H and O–H groups in total. The highest BCUT2D eigenvalue weighted by molar-refractivity contribution is 5.97. The van der Waals surface area contributed by atoms with E-state index in [-0.39, 0.29) is 5.78 Å². The van der Waals surface area contributed by atoms with E-state index in [9.17, 15) is 4.79 Å². The molecular weight excluding hydrogens is 256 g/mol. The molecule has 2 aromatic heterocycles. The van der Waals surface area contributed by atoms with Crippen LogP contribution in [0.4, 0.5) is 0 Å². The molecule has 0 aliphatic heterocycles. The number of fused-ring (bicyclic) bond motifs is 1. The van der Waals surface area contributed by atoms with Crippen LogP contribution in [0.15, 0.2) is 18.6 Å². The average molecular weight is 270 g/mol. The zero-order valence-corrected chi connectivity index (χ0v) is 11.2. The van der Waals surface area contributed by atoms with Crippen molar-refractivity contribution in [3.05, 3.63) is 29.8 Å². The van der Waals surface area contributed by atoms with Crippen LogP contribution in [-0.2, 0) is 6.42 Å². The van der Waals surface area contributed by atoms with E-state index in [0.717, 1.165) is 25.0 Å². The fourth-order valence-corrected chi connectivity index (χ4v) is 2.25. The van der Waals surface area contributed by atoms with Crippen molar-refractivity contribution in [1.82, 2.24) is 19.9 Å². The largest absolute Gasteiger partial charge is 0.481 e. The highest BCUT2D eigenvalue weighted by atomic mass is 16.5.